The topological polar surface area (TPSA) is 42.2 Å². The van der Waals surface area contributed by atoms with Gasteiger partial charge in [-0.05, 0) is 48.9 Å². The van der Waals surface area contributed by atoms with Crippen molar-refractivity contribution in [2.75, 3.05) is 27.4 Å². The molecular formula is C15H21NO2. The maximum Gasteiger partial charge on any atom is 0.0991 e. The Balaban J connectivity index is 2.65. The van der Waals surface area contributed by atoms with Crippen LogP contribution in [0.2, 0.25) is 0 Å². The second-order valence-electron chi connectivity index (χ2n) is 4.34. The van der Waals surface area contributed by atoms with Gasteiger partial charge in [0.1, 0.15) is 0 Å². The largest absolute Gasteiger partial charge is 0.385 e. The van der Waals surface area contributed by atoms with Crippen molar-refractivity contribution in [3.8, 4) is 6.07 Å². The quantitative estimate of drug-likeness (QED) is 0.663. The van der Waals surface area contributed by atoms with Gasteiger partial charge in [-0.2, -0.15) is 5.26 Å². The molecule has 1 rings (SSSR count). The van der Waals surface area contributed by atoms with Gasteiger partial charge in [-0.1, -0.05) is 6.07 Å². The van der Waals surface area contributed by atoms with Crippen LogP contribution in [0.4, 0.5) is 0 Å². The van der Waals surface area contributed by atoms with E-state index in [2.05, 4.69) is 12.1 Å². The molecule has 0 aromatic heterocycles. The van der Waals surface area contributed by atoms with Gasteiger partial charge in [0.25, 0.3) is 0 Å². The molecule has 0 amide bonds. The molecule has 98 valence electrons. The minimum Gasteiger partial charge on any atom is -0.385 e. The molecule has 3 nitrogen and oxygen atoms in total. The number of hydrogen-bond acceptors (Lipinski definition) is 3. The molecule has 1 aromatic carbocycles. The van der Waals surface area contributed by atoms with Crippen molar-refractivity contribution in [1.82, 2.24) is 0 Å². The molecule has 0 aliphatic heterocycles. The Morgan fingerprint density at radius 1 is 0.944 bits per heavy atom. The van der Waals surface area contributed by atoms with Gasteiger partial charge in [-0.15, -0.1) is 0 Å². The highest BCUT2D eigenvalue weighted by molar-refractivity contribution is 5.37. The van der Waals surface area contributed by atoms with Crippen molar-refractivity contribution in [2.45, 2.75) is 25.7 Å². The van der Waals surface area contributed by atoms with Gasteiger partial charge in [0.15, 0.2) is 0 Å². The lowest BCUT2D eigenvalue weighted by atomic mass is 10.0. The third-order valence-electron chi connectivity index (χ3n) is 2.81. The predicted molar refractivity (Wildman–Crippen MR) is 71.6 cm³/mol. The number of ether oxygens (including phenoxy) is 2. The Hall–Kier alpha value is -1.37. The van der Waals surface area contributed by atoms with Gasteiger partial charge in [-0.25, -0.2) is 0 Å². The molecule has 18 heavy (non-hydrogen) atoms. The molecule has 0 spiro atoms. The zero-order valence-electron chi connectivity index (χ0n) is 11.2. The number of benzene rings is 1. The van der Waals surface area contributed by atoms with Crippen LogP contribution in [0, 0.1) is 11.3 Å². The standard InChI is InChI=1S/C15H21NO2/c1-17-7-3-5-13-9-14(6-4-8-18-2)11-15(10-13)12-16/h9-11H,3-8H2,1-2H3. The van der Waals surface area contributed by atoms with Crippen molar-refractivity contribution in [1.29, 1.82) is 5.26 Å². The molecule has 0 bridgehead atoms. The van der Waals surface area contributed by atoms with E-state index in [9.17, 15) is 0 Å². The van der Waals surface area contributed by atoms with Gasteiger partial charge < -0.3 is 9.47 Å². The summed E-state index contributed by atoms with van der Waals surface area (Å²) >= 11 is 0. The second-order valence-corrected chi connectivity index (χ2v) is 4.34. The summed E-state index contributed by atoms with van der Waals surface area (Å²) in [5.74, 6) is 0. The predicted octanol–water partition coefficient (Wildman–Crippen LogP) is 2.72. The van der Waals surface area contributed by atoms with E-state index in [1.165, 1.54) is 11.1 Å². The number of hydrogen-bond donors (Lipinski definition) is 0. The number of nitriles is 1. The molecule has 0 unspecified atom stereocenters. The fourth-order valence-corrected chi connectivity index (χ4v) is 1.96. The van der Waals surface area contributed by atoms with Gasteiger partial charge in [0, 0.05) is 27.4 Å². The molecule has 0 saturated heterocycles. The summed E-state index contributed by atoms with van der Waals surface area (Å²) < 4.78 is 10.1. The highest BCUT2D eigenvalue weighted by Crippen LogP contribution is 2.13. The first kappa shape index (κ1) is 14.7. The Bertz CT molecular complexity index is 368. The summed E-state index contributed by atoms with van der Waals surface area (Å²) in [6, 6.07) is 8.35. The monoisotopic (exact) mass is 247 g/mol. The van der Waals surface area contributed by atoms with Crippen molar-refractivity contribution >= 4 is 0 Å². The third-order valence-corrected chi connectivity index (χ3v) is 2.81. The maximum atomic E-state index is 9.03. The van der Waals surface area contributed by atoms with Crippen LogP contribution in [0.1, 0.15) is 29.5 Å². The number of nitrogens with zero attached hydrogens (tertiary/aromatic N) is 1. The fourth-order valence-electron chi connectivity index (χ4n) is 1.96. The summed E-state index contributed by atoms with van der Waals surface area (Å²) in [6.45, 7) is 1.52. The molecule has 0 N–H and O–H groups in total. The highest BCUT2D eigenvalue weighted by atomic mass is 16.5. The number of aryl methyl sites for hydroxylation is 2. The van der Waals surface area contributed by atoms with E-state index in [0.717, 1.165) is 44.5 Å². The first-order chi connectivity index (χ1) is 8.80. The molecular weight excluding hydrogens is 226 g/mol. The SMILES string of the molecule is COCCCc1cc(C#N)cc(CCCOC)c1. The van der Waals surface area contributed by atoms with Crippen LogP contribution in [-0.4, -0.2) is 27.4 Å². The van der Waals surface area contributed by atoms with Crippen LogP contribution in [0.15, 0.2) is 18.2 Å². The summed E-state index contributed by atoms with van der Waals surface area (Å²) in [5.41, 5.74) is 3.19. The van der Waals surface area contributed by atoms with Crippen LogP contribution < -0.4 is 0 Å². The smallest absolute Gasteiger partial charge is 0.0991 e. The van der Waals surface area contributed by atoms with Crippen LogP contribution >= 0.6 is 0 Å². The Labute approximate surface area is 109 Å². The molecule has 0 aliphatic rings. The van der Waals surface area contributed by atoms with E-state index in [0.29, 0.717) is 0 Å². The lowest BCUT2D eigenvalue weighted by molar-refractivity contribution is 0.195. The molecule has 0 saturated carbocycles. The second kappa shape index (κ2) is 8.68. The molecule has 0 atom stereocenters. The van der Waals surface area contributed by atoms with Crippen LogP contribution in [0.25, 0.3) is 0 Å². The summed E-state index contributed by atoms with van der Waals surface area (Å²) in [5, 5.41) is 9.03. The molecule has 0 heterocycles. The van der Waals surface area contributed by atoms with E-state index >= 15 is 0 Å². The van der Waals surface area contributed by atoms with E-state index in [4.69, 9.17) is 14.7 Å². The zero-order valence-corrected chi connectivity index (χ0v) is 11.2. The van der Waals surface area contributed by atoms with E-state index in [-0.39, 0.29) is 0 Å². The first-order valence-corrected chi connectivity index (χ1v) is 6.31. The average Bonchev–Trinajstić information content (AvgIpc) is 2.39. The van der Waals surface area contributed by atoms with Gasteiger partial charge in [-0.3, -0.25) is 0 Å². The van der Waals surface area contributed by atoms with Gasteiger partial charge in [0.05, 0.1) is 11.6 Å². The Morgan fingerprint density at radius 2 is 1.44 bits per heavy atom. The minimum atomic E-state index is 0.748. The van der Waals surface area contributed by atoms with E-state index < -0.39 is 0 Å². The molecule has 0 fully saturated rings. The minimum absolute atomic E-state index is 0.748. The fraction of sp³-hybridized carbons (Fsp3) is 0.533. The summed E-state index contributed by atoms with van der Waals surface area (Å²) in [4.78, 5) is 0. The van der Waals surface area contributed by atoms with Crippen LogP contribution in [-0.2, 0) is 22.3 Å². The number of methoxy groups -OCH3 is 2. The van der Waals surface area contributed by atoms with E-state index in [1.54, 1.807) is 14.2 Å². The third kappa shape index (κ3) is 5.31. The lowest BCUT2D eigenvalue weighted by Crippen LogP contribution is -1.97. The van der Waals surface area contributed by atoms with Crippen molar-refractivity contribution in [2.24, 2.45) is 0 Å². The van der Waals surface area contributed by atoms with Crippen molar-refractivity contribution < 1.29 is 9.47 Å². The Kier molecular flexibility index (Phi) is 7.09. The van der Waals surface area contributed by atoms with Crippen molar-refractivity contribution in [3.63, 3.8) is 0 Å². The van der Waals surface area contributed by atoms with Gasteiger partial charge in [0.2, 0.25) is 0 Å². The maximum absolute atomic E-state index is 9.03. The summed E-state index contributed by atoms with van der Waals surface area (Å²) in [6.07, 6.45) is 3.90. The van der Waals surface area contributed by atoms with Crippen LogP contribution in [0.3, 0.4) is 0 Å². The molecule has 0 aliphatic carbocycles. The van der Waals surface area contributed by atoms with Crippen LogP contribution in [0.5, 0.6) is 0 Å². The number of rotatable bonds is 8. The van der Waals surface area contributed by atoms with E-state index in [1.807, 2.05) is 12.1 Å². The normalized spacial score (nSPS) is 10.3. The zero-order chi connectivity index (χ0) is 13.2. The summed E-state index contributed by atoms with van der Waals surface area (Å²) in [7, 11) is 3.42. The molecule has 3 heteroatoms. The lowest BCUT2D eigenvalue weighted by Gasteiger charge is -2.07. The first-order valence-electron chi connectivity index (χ1n) is 6.31. The molecule has 1 aromatic rings. The Morgan fingerprint density at radius 3 is 1.83 bits per heavy atom. The van der Waals surface area contributed by atoms with Crippen molar-refractivity contribution in [3.05, 3.63) is 34.9 Å². The van der Waals surface area contributed by atoms with Gasteiger partial charge >= 0.3 is 0 Å². The highest BCUT2D eigenvalue weighted by Gasteiger charge is 2.01. The molecule has 0 radical (unpaired) electrons. The average molecular weight is 247 g/mol.